The highest BCUT2D eigenvalue weighted by Gasteiger charge is 2.28. The number of alkyl carbamates (subject to hydrolysis) is 1. The maximum absolute atomic E-state index is 12.2. The van der Waals surface area contributed by atoms with Crippen LogP contribution in [0.2, 0.25) is 0 Å². The first kappa shape index (κ1) is 25.3. The van der Waals surface area contributed by atoms with Gasteiger partial charge in [-0.15, -0.1) is 0 Å². The summed E-state index contributed by atoms with van der Waals surface area (Å²) < 4.78 is 5.51. The molecule has 0 fully saturated rings. The fourth-order valence-corrected chi connectivity index (χ4v) is 4.36. The highest BCUT2D eigenvalue weighted by Crippen LogP contribution is 2.44. The van der Waals surface area contributed by atoms with E-state index in [1.807, 2.05) is 31.2 Å². The first-order valence-corrected chi connectivity index (χ1v) is 12.1. The lowest BCUT2D eigenvalue weighted by atomic mass is 9.98. The molecule has 0 radical (unpaired) electrons. The second-order valence-corrected chi connectivity index (χ2v) is 8.66. The molecule has 2 aromatic rings. The molecule has 34 heavy (non-hydrogen) atoms. The molecule has 3 rings (SSSR count). The standard InChI is InChI=1S/C27H34N2O5/c1-2-3-15-24(26(31)32)29-25(30)16-5-4-10-17-28-27(33)34-18-23-21-13-8-6-11-19(21)20-12-7-9-14-22(20)23/h6-9,11-14,23-24H,2-5,10,15-18H2,1H3,(H,28,33)(H,29,30)(H,31,32). The minimum absolute atomic E-state index is 0.0311. The number of amides is 2. The zero-order chi connectivity index (χ0) is 24.3. The number of carboxylic acids is 1. The lowest BCUT2D eigenvalue weighted by Crippen LogP contribution is -2.40. The van der Waals surface area contributed by atoms with Gasteiger partial charge in [-0.25, -0.2) is 9.59 Å². The Kier molecular flexibility index (Phi) is 9.50. The van der Waals surface area contributed by atoms with E-state index in [4.69, 9.17) is 4.74 Å². The van der Waals surface area contributed by atoms with Crippen LogP contribution in [-0.4, -0.2) is 42.3 Å². The SMILES string of the molecule is CCCCC(NC(=O)CCCCCNC(=O)OCC1c2ccccc2-c2ccccc21)C(=O)O. The predicted octanol–water partition coefficient (Wildman–Crippen LogP) is 4.85. The normalized spacial score (nSPS) is 13.0. The van der Waals surface area contributed by atoms with E-state index in [2.05, 4.69) is 34.9 Å². The van der Waals surface area contributed by atoms with E-state index in [0.29, 0.717) is 19.4 Å². The molecule has 3 N–H and O–H groups in total. The number of nitrogens with one attached hydrogen (secondary N) is 2. The Balaban J connectivity index is 1.32. The summed E-state index contributed by atoms with van der Waals surface area (Å²) in [5.74, 6) is -1.20. The van der Waals surface area contributed by atoms with Gasteiger partial charge in [0.2, 0.25) is 5.91 Å². The van der Waals surface area contributed by atoms with Crippen LogP contribution in [0.5, 0.6) is 0 Å². The molecule has 0 heterocycles. The molecule has 7 nitrogen and oxygen atoms in total. The molecule has 7 heteroatoms. The molecular formula is C27H34N2O5. The Bertz CT molecular complexity index is 945. The summed E-state index contributed by atoms with van der Waals surface area (Å²) >= 11 is 0. The summed E-state index contributed by atoms with van der Waals surface area (Å²) in [6.07, 6.45) is 4.04. The molecular weight excluding hydrogens is 432 g/mol. The van der Waals surface area contributed by atoms with Gasteiger partial charge in [0, 0.05) is 18.9 Å². The van der Waals surface area contributed by atoms with E-state index in [1.54, 1.807) is 0 Å². The zero-order valence-electron chi connectivity index (χ0n) is 19.7. The van der Waals surface area contributed by atoms with E-state index in [-0.39, 0.29) is 24.9 Å². The predicted molar refractivity (Wildman–Crippen MR) is 131 cm³/mol. The molecule has 2 aromatic carbocycles. The van der Waals surface area contributed by atoms with Crippen molar-refractivity contribution in [1.29, 1.82) is 0 Å². The molecule has 182 valence electrons. The number of carbonyl (C=O) groups excluding carboxylic acids is 2. The van der Waals surface area contributed by atoms with Crippen molar-refractivity contribution in [3.8, 4) is 11.1 Å². The molecule has 0 saturated heterocycles. The van der Waals surface area contributed by atoms with Crippen molar-refractivity contribution in [2.75, 3.05) is 13.2 Å². The van der Waals surface area contributed by atoms with Gasteiger partial charge in [0.25, 0.3) is 0 Å². The van der Waals surface area contributed by atoms with E-state index >= 15 is 0 Å². The van der Waals surface area contributed by atoms with Gasteiger partial charge in [-0.3, -0.25) is 4.79 Å². The van der Waals surface area contributed by atoms with Gasteiger partial charge in [0.15, 0.2) is 0 Å². The summed E-state index contributed by atoms with van der Waals surface area (Å²) in [6.45, 7) is 2.73. The van der Waals surface area contributed by atoms with Crippen LogP contribution < -0.4 is 10.6 Å². The molecule has 0 spiro atoms. The number of fused-ring (bicyclic) bond motifs is 3. The van der Waals surface area contributed by atoms with E-state index in [0.717, 1.165) is 25.7 Å². The molecule has 2 amide bonds. The summed E-state index contributed by atoms with van der Waals surface area (Å²) in [7, 11) is 0. The zero-order valence-corrected chi connectivity index (χ0v) is 19.7. The molecule has 1 aliphatic carbocycles. The lowest BCUT2D eigenvalue weighted by molar-refractivity contribution is -0.142. The molecule has 0 aliphatic heterocycles. The molecule has 1 aliphatic rings. The maximum atomic E-state index is 12.2. The Labute approximate surface area is 200 Å². The number of aliphatic carboxylic acids is 1. The van der Waals surface area contributed by atoms with Crippen molar-refractivity contribution in [3.63, 3.8) is 0 Å². The van der Waals surface area contributed by atoms with Crippen molar-refractivity contribution in [1.82, 2.24) is 10.6 Å². The quantitative estimate of drug-likeness (QED) is 0.366. The highest BCUT2D eigenvalue weighted by atomic mass is 16.5. The van der Waals surface area contributed by atoms with Crippen LogP contribution in [0.15, 0.2) is 48.5 Å². The monoisotopic (exact) mass is 466 g/mol. The maximum Gasteiger partial charge on any atom is 0.407 e. The highest BCUT2D eigenvalue weighted by molar-refractivity contribution is 5.83. The number of benzene rings is 2. The number of carboxylic acid groups (broad SMARTS) is 1. The third-order valence-corrected chi connectivity index (χ3v) is 6.17. The Morgan fingerprint density at radius 3 is 2.21 bits per heavy atom. The average Bonchev–Trinajstić information content (AvgIpc) is 3.16. The van der Waals surface area contributed by atoms with Gasteiger partial charge < -0.3 is 20.5 Å². The molecule has 0 bridgehead atoms. The van der Waals surface area contributed by atoms with Gasteiger partial charge >= 0.3 is 12.1 Å². The van der Waals surface area contributed by atoms with Crippen LogP contribution in [0.4, 0.5) is 4.79 Å². The first-order chi connectivity index (χ1) is 16.5. The molecule has 0 aromatic heterocycles. The van der Waals surface area contributed by atoms with Crippen LogP contribution in [0.1, 0.15) is 68.9 Å². The largest absolute Gasteiger partial charge is 0.480 e. The summed E-state index contributed by atoms with van der Waals surface area (Å²) in [4.78, 5) is 35.4. The minimum Gasteiger partial charge on any atom is -0.480 e. The van der Waals surface area contributed by atoms with Crippen molar-refractivity contribution < 1.29 is 24.2 Å². The van der Waals surface area contributed by atoms with Gasteiger partial charge in [-0.1, -0.05) is 74.7 Å². The summed E-state index contributed by atoms with van der Waals surface area (Å²) in [5, 5.41) is 14.5. The number of hydrogen-bond acceptors (Lipinski definition) is 4. The van der Waals surface area contributed by atoms with Crippen LogP contribution in [0.25, 0.3) is 11.1 Å². The summed E-state index contributed by atoms with van der Waals surface area (Å²) in [6, 6.07) is 15.6. The molecule has 0 saturated carbocycles. The summed E-state index contributed by atoms with van der Waals surface area (Å²) in [5.41, 5.74) is 4.73. The third-order valence-electron chi connectivity index (χ3n) is 6.17. The van der Waals surface area contributed by atoms with Crippen LogP contribution in [0.3, 0.4) is 0 Å². The number of unbranched alkanes of at least 4 members (excludes halogenated alkanes) is 3. The third kappa shape index (κ3) is 6.83. The Morgan fingerprint density at radius 2 is 1.59 bits per heavy atom. The minimum atomic E-state index is -0.992. The fourth-order valence-electron chi connectivity index (χ4n) is 4.36. The van der Waals surface area contributed by atoms with Crippen LogP contribution >= 0.6 is 0 Å². The smallest absolute Gasteiger partial charge is 0.407 e. The number of carbonyl (C=O) groups is 3. The Hall–Kier alpha value is -3.35. The van der Waals surface area contributed by atoms with E-state index in [1.165, 1.54) is 22.3 Å². The fraction of sp³-hybridized carbons (Fsp3) is 0.444. The van der Waals surface area contributed by atoms with Gasteiger partial charge in [0.05, 0.1) is 0 Å². The van der Waals surface area contributed by atoms with Crippen molar-refractivity contribution in [2.24, 2.45) is 0 Å². The number of hydrogen-bond donors (Lipinski definition) is 3. The van der Waals surface area contributed by atoms with Crippen molar-refractivity contribution in [3.05, 3.63) is 59.7 Å². The van der Waals surface area contributed by atoms with Crippen molar-refractivity contribution >= 4 is 18.0 Å². The van der Waals surface area contributed by atoms with Gasteiger partial charge in [-0.05, 0) is 41.5 Å². The van der Waals surface area contributed by atoms with E-state index in [9.17, 15) is 19.5 Å². The lowest BCUT2D eigenvalue weighted by Gasteiger charge is -2.15. The van der Waals surface area contributed by atoms with Gasteiger partial charge in [0.1, 0.15) is 12.6 Å². The average molecular weight is 467 g/mol. The molecule has 1 unspecified atom stereocenters. The first-order valence-electron chi connectivity index (χ1n) is 12.1. The van der Waals surface area contributed by atoms with Crippen LogP contribution in [-0.2, 0) is 14.3 Å². The topological polar surface area (TPSA) is 105 Å². The van der Waals surface area contributed by atoms with Crippen LogP contribution in [0, 0.1) is 0 Å². The molecule has 1 atom stereocenters. The Morgan fingerprint density at radius 1 is 0.941 bits per heavy atom. The second-order valence-electron chi connectivity index (χ2n) is 8.66. The number of rotatable bonds is 13. The van der Waals surface area contributed by atoms with Gasteiger partial charge in [-0.2, -0.15) is 0 Å². The van der Waals surface area contributed by atoms with Crippen molar-refractivity contribution in [2.45, 2.75) is 63.8 Å². The van der Waals surface area contributed by atoms with E-state index < -0.39 is 18.1 Å². The second kappa shape index (κ2) is 12.8. The number of ether oxygens (including phenoxy) is 1.